The Morgan fingerprint density at radius 1 is 1.08 bits per heavy atom. The lowest BCUT2D eigenvalue weighted by Gasteiger charge is -2.36. The molecule has 2 heterocycles. The number of para-hydroxylation sites is 1. The average Bonchev–Trinajstić information content (AvgIpc) is 2.82. The van der Waals surface area contributed by atoms with Gasteiger partial charge in [-0.25, -0.2) is 0 Å². The first-order valence-electron chi connectivity index (χ1n) is 12.7. The molecule has 198 valence electrons. The van der Waals surface area contributed by atoms with Crippen molar-refractivity contribution < 1.29 is 29.0 Å². The van der Waals surface area contributed by atoms with Gasteiger partial charge in [-0.05, 0) is 30.4 Å². The van der Waals surface area contributed by atoms with Gasteiger partial charge in [-0.1, -0.05) is 46.2 Å². The van der Waals surface area contributed by atoms with Gasteiger partial charge < -0.3 is 30.7 Å². The third-order valence-electron chi connectivity index (χ3n) is 6.68. The summed E-state index contributed by atoms with van der Waals surface area (Å²) in [4.78, 5) is 54.1. The predicted molar refractivity (Wildman–Crippen MR) is 133 cm³/mol. The van der Waals surface area contributed by atoms with Crippen LogP contribution in [0.5, 0.6) is 5.75 Å². The third kappa shape index (κ3) is 6.96. The first kappa shape index (κ1) is 27.4. The van der Waals surface area contributed by atoms with Crippen LogP contribution in [0, 0.1) is 11.8 Å². The van der Waals surface area contributed by atoms with Crippen molar-refractivity contribution in [2.24, 2.45) is 11.8 Å². The van der Waals surface area contributed by atoms with Crippen LogP contribution in [0.2, 0.25) is 0 Å². The molecule has 1 aromatic carbocycles. The van der Waals surface area contributed by atoms with Gasteiger partial charge in [0.2, 0.25) is 17.7 Å². The average molecular weight is 503 g/mol. The fraction of sp³-hybridized carbons (Fsp3) is 0.615. The highest BCUT2D eigenvalue weighted by molar-refractivity contribution is 6.01. The van der Waals surface area contributed by atoms with Gasteiger partial charge in [0.15, 0.2) is 0 Å². The van der Waals surface area contributed by atoms with E-state index in [1.54, 1.807) is 24.3 Å². The number of β-amino-alcohol motifs (C(OH)–C–C–N with tert-alkyl or cyclic N) is 1. The van der Waals surface area contributed by atoms with Crippen LogP contribution in [0.1, 0.15) is 57.3 Å². The number of aliphatic hydroxyl groups is 1. The molecule has 3 rings (SSSR count). The van der Waals surface area contributed by atoms with Gasteiger partial charge in [0.05, 0.1) is 24.1 Å². The number of nitrogens with zero attached hydrogens (tertiary/aromatic N) is 1. The topological polar surface area (TPSA) is 137 Å². The van der Waals surface area contributed by atoms with E-state index in [4.69, 9.17) is 4.74 Å². The number of fused-ring (bicyclic) bond motifs is 1. The van der Waals surface area contributed by atoms with Crippen LogP contribution >= 0.6 is 0 Å². The van der Waals surface area contributed by atoms with E-state index >= 15 is 0 Å². The molecule has 0 aliphatic carbocycles. The number of carbonyl (C=O) groups excluding carboxylic acids is 4. The maximum absolute atomic E-state index is 13.4. The van der Waals surface area contributed by atoms with E-state index in [1.807, 2.05) is 27.7 Å². The molecule has 10 nitrogen and oxygen atoms in total. The van der Waals surface area contributed by atoms with Crippen molar-refractivity contribution in [1.82, 2.24) is 20.9 Å². The number of likely N-dealkylation sites (tertiary alicyclic amines) is 1. The summed E-state index contributed by atoms with van der Waals surface area (Å²) in [5.41, 5.74) is 0.231. The van der Waals surface area contributed by atoms with E-state index < -0.39 is 30.0 Å². The molecule has 1 aromatic rings. The van der Waals surface area contributed by atoms with E-state index in [0.717, 1.165) is 0 Å². The van der Waals surface area contributed by atoms with Crippen molar-refractivity contribution in [2.45, 2.75) is 71.2 Å². The zero-order valence-corrected chi connectivity index (χ0v) is 21.5. The monoisotopic (exact) mass is 502 g/mol. The number of ether oxygens (including phenoxy) is 1. The second-order valence-electron chi connectivity index (χ2n) is 10.2. The lowest BCUT2D eigenvalue weighted by Crippen LogP contribution is -2.59. The van der Waals surface area contributed by atoms with Crippen molar-refractivity contribution in [3.05, 3.63) is 29.8 Å². The van der Waals surface area contributed by atoms with E-state index in [0.29, 0.717) is 18.6 Å². The number of hydrogen-bond donors (Lipinski definition) is 4. The molecular formula is C26H38N4O6. The third-order valence-corrected chi connectivity index (χ3v) is 6.68. The Labute approximate surface area is 212 Å². The Hall–Kier alpha value is -3.14. The van der Waals surface area contributed by atoms with Crippen LogP contribution in [0.25, 0.3) is 0 Å². The van der Waals surface area contributed by atoms with E-state index in [1.165, 1.54) is 4.90 Å². The summed E-state index contributed by atoms with van der Waals surface area (Å²) < 4.78 is 5.99. The fourth-order valence-corrected chi connectivity index (χ4v) is 4.36. The number of benzene rings is 1. The normalized spacial score (nSPS) is 24.6. The van der Waals surface area contributed by atoms with Gasteiger partial charge >= 0.3 is 0 Å². The first-order valence-corrected chi connectivity index (χ1v) is 12.7. The molecule has 4 atom stereocenters. The van der Waals surface area contributed by atoms with Crippen LogP contribution in [0.3, 0.4) is 0 Å². The van der Waals surface area contributed by atoms with Gasteiger partial charge in [0.1, 0.15) is 24.4 Å². The molecule has 0 bridgehead atoms. The second-order valence-corrected chi connectivity index (χ2v) is 10.2. The molecule has 2 aliphatic heterocycles. The van der Waals surface area contributed by atoms with Gasteiger partial charge in [-0.2, -0.15) is 0 Å². The van der Waals surface area contributed by atoms with Crippen molar-refractivity contribution in [3.8, 4) is 5.75 Å². The molecule has 1 saturated heterocycles. The Balaban J connectivity index is 1.93. The molecule has 0 radical (unpaired) electrons. The summed E-state index contributed by atoms with van der Waals surface area (Å²) >= 11 is 0. The van der Waals surface area contributed by atoms with E-state index in [2.05, 4.69) is 16.0 Å². The van der Waals surface area contributed by atoms with Crippen LogP contribution in [-0.4, -0.2) is 77.6 Å². The minimum absolute atomic E-state index is 0.161. The zero-order valence-electron chi connectivity index (χ0n) is 21.5. The maximum Gasteiger partial charge on any atom is 0.255 e. The molecular weight excluding hydrogens is 464 g/mol. The summed E-state index contributed by atoms with van der Waals surface area (Å²) in [6, 6.07) is 4.30. The van der Waals surface area contributed by atoms with E-state index in [9.17, 15) is 24.3 Å². The minimum Gasteiger partial charge on any atom is -0.491 e. The van der Waals surface area contributed by atoms with Gasteiger partial charge in [0.25, 0.3) is 5.91 Å². The SMILES string of the molecule is CC[C@@H](C)[C@@H]1NC(=O)[C@H](CC(=O)N2CC(O)C2)NC(=O)c2ccccc2OC[C@H](CC(C)C)NC1=O. The second kappa shape index (κ2) is 12.2. The van der Waals surface area contributed by atoms with Crippen molar-refractivity contribution in [1.29, 1.82) is 0 Å². The standard InChI is InChI=1S/C26H38N4O6/c1-5-16(4)23-26(35)27-17(10-15(2)3)14-36-21-9-7-6-8-19(21)24(33)28-20(25(34)29-23)11-22(32)30-12-18(31)13-30/h6-9,15-18,20,23,31H,5,10-14H2,1-4H3,(H,27,35)(H,28,33)(H,29,34)/t16-,17+,20+,23+/m1/s1. The molecule has 2 aliphatic rings. The van der Waals surface area contributed by atoms with Crippen molar-refractivity contribution >= 4 is 23.6 Å². The van der Waals surface area contributed by atoms with Gasteiger partial charge in [-0.3, -0.25) is 19.2 Å². The van der Waals surface area contributed by atoms with Crippen LogP contribution in [-0.2, 0) is 14.4 Å². The molecule has 36 heavy (non-hydrogen) atoms. The number of nitrogens with one attached hydrogen (secondary N) is 3. The van der Waals surface area contributed by atoms with Crippen molar-refractivity contribution in [2.75, 3.05) is 19.7 Å². The van der Waals surface area contributed by atoms with Crippen LogP contribution in [0.4, 0.5) is 0 Å². The first-order chi connectivity index (χ1) is 17.1. The lowest BCUT2D eigenvalue weighted by atomic mass is 9.96. The van der Waals surface area contributed by atoms with Crippen LogP contribution in [0.15, 0.2) is 24.3 Å². The molecule has 4 amide bonds. The van der Waals surface area contributed by atoms with Crippen molar-refractivity contribution in [3.63, 3.8) is 0 Å². The molecule has 0 unspecified atom stereocenters. The molecule has 0 saturated carbocycles. The predicted octanol–water partition coefficient (Wildman–Crippen LogP) is 0.832. The van der Waals surface area contributed by atoms with E-state index in [-0.39, 0.29) is 61.4 Å². The number of hydrogen-bond acceptors (Lipinski definition) is 6. The Bertz CT molecular complexity index is 962. The Morgan fingerprint density at radius 3 is 2.42 bits per heavy atom. The summed E-state index contributed by atoms with van der Waals surface area (Å²) in [7, 11) is 0. The number of carbonyl (C=O) groups is 4. The summed E-state index contributed by atoms with van der Waals surface area (Å²) in [5.74, 6) is -1.45. The number of amides is 4. The largest absolute Gasteiger partial charge is 0.491 e. The highest BCUT2D eigenvalue weighted by atomic mass is 16.5. The lowest BCUT2D eigenvalue weighted by molar-refractivity contribution is -0.143. The smallest absolute Gasteiger partial charge is 0.255 e. The summed E-state index contributed by atoms with van der Waals surface area (Å²) in [6.07, 6.45) is 0.411. The summed E-state index contributed by atoms with van der Waals surface area (Å²) in [5, 5.41) is 18.0. The molecule has 0 aromatic heterocycles. The Morgan fingerprint density at radius 2 is 1.78 bits per heavy atom. The number of rotatable bonds is 6. The van der Waals surface area contributed by atoms with Gasteiger partial charge in [-0.15, -0.1) is 0 Å². The quantitative estimate of drug-likeness (QED) is 0.455. The highest BCUT2D eigenvalue weighted by Gasteiger charge is 2.36. The maximum atomic E-state index is 13.4. The highest BCUT2D eigenvalue weighted by Crippen LogP contribution is 2.21. The Kier molecular flexibility index (Phi) is 9.31. The van der Waals surface area contributed by atoms with Gasteiger partial charge in [0, 0.05) is 13.1 Å². The molecule has 1 fully saturated rings. The number of aliphatic hydroxyl groups excluding tert-OH is 1. The molecule has 0 spiro atoms. The molecule has 10 heteroatoms. The van der Waals surface area contributed by atoms with Crippen LogP contribution < -0.4 is 20.7 Å². The summed E-state index contributed by atoms with van der Waals surface area (Å²) in [6.45, 7) is 8.42. The zero-order chi connectivity index (χ0) is 26.4. The molecule has 4 N–H and O–H groups in total. The minimum atomic E-state index is -1.21. The fourth-order valence-electron chi connectivity index (χ4n) is 4.36.